The summed E-state index contributed by atoms with van der Waals surface area (Å²) in [6.07, 6.45) is 2.07. The minimum absolute atomic E-state index is 0.00931. The highest BCUT2D eigenvalue weighted by molar-refractivity contribution is 5.96. The maximum Gasteiger partial charge on any atom is 0.251 e. The highest BCUT2D eigenvalue weighted by Crippen LogP contribution is 2.24. The SMILES string of the molecule is CN1CCN(C[C@@]2(O)CCCN(C(=O)CNC(=O)c3ccccc3)CC2)CC1. The molecule has 0 bridgehead atoms. The third-order valence-corrected chi connectivity index (χ3v) is 5.82. The zero-order chi connectivity index (χ0) is 20.0. The molecular formula is C21H32N4O3. The van der Waals surface area contributed by atoms with E-state index in [0.29, 0.717) is 38.0 Å². The molecule has 2 heterocycles. The van der Waals surface area contributed by atoms with E-state index in [4.69, 9.17) is 0 Å². The van der Waals surface area contributed by atoms with Gasteiger partial charge in [0.1, 0.15) is 0 Å². The lowest BCUT2D eigenvalue weighted by atomic mass is 9.94. The van der Waals surface area contributed by atoms with E-state index in [1.807, 2.05) is 6.07 Å². The lowest BCUT2D eigenvalue weighted by molar-refractivity contribution is -0.130. The van der Waals surface area contributed by atoms with Crippen LogP contribution in [0, 0.1) is 0 Å². The normalized spacial score (nSPS) is 24.6. The van der Waals surface area contributed by atoms with Crippen molar-refractivity contribution in [2.45, 2.75) is 24.9 Å². The monoisotopic (exact) mass is 388 g/mol. The molecule has 7 heteroatoms. The van der Waals surface area contributed by atoms with Crippen molar-refractivity contribution in [2.75, 3.05) is 59.4 Å². The lowest BCUT2D eigenvalue weighted by Crippen LogP contribution is -2.51. The molecule has 3 rings (SSSR count). The fraction of sp³-hybridized carbons (Fsp3) is 0.619. The fourth-order valence-corrected chi connectivity index (χ4v) is 3.97. The first-order valence-electron chi connectivity index (χ1n) is 10.2. The standard InChI is InChI=1S/C21H32N4O3/c1-23-12-14-24(15-13-23)17-21(28)8-5-10-25(11-9-21)19(26)16-22-20(27)18-6-3-2-4-7-18/h2-4,6-7,28H,5,8-17H2,1H3,(H,22,27)/t21-/m1/s1. The summed E-state index contributed by atoms with van der Waals surface area (Å²) in [5, 5.41) is 13.8. The second-order valence-corrected chi connectivity index (χ2v) is 8.09. The van der Waals surface area contributed by atoms with Crippen LogP contribution < -0.4 is 5.32 Å². The molecule has 1 aromatic rings. The Hall–Kier alpha value is -1.96. The van der Waals surface area contributed by atoms with Crippen molar-refractivity contribution in [2.24, 2.45) is 0 Å². The van der Waals surface area contributed by atoms with Gasteiger partial charge >= 0.3 is 0 Å². The number of hydrogen-bond donors (Lipinski definition) is 2. The summed E-state index contributed by atoms with van der Waals surface area (Å²) in [5.41, 5.74) is -0.189. The molecule has 0 radical (unpaired) electrons. The number of nitrogens with zero attached hydrogens (tertiary/aromatic N) is 3. The first-order valence-corrected chi connectivity index (χ1v) is 10.2. The fourth-order valence-electron chi connectivity index (χ4n) is 3.97. The number of likely N-dealkylation sites (N-methyl/N-ethyl adjacent to an activating group) is 1. The Morgan fingerprint density at radius 3 is 2.46 bits per heavy atom. The van der Waals surface area contributed by atoms with Crippen LogP contribution in [0.4, 0.5) is 0 Å². The number of piperazine rings is 1. The van der Waals surface area contributed by atoms with Gasteiger partial charge in [-0.3, -0.25) is 14.5 Å². The molecule has 0 spiro atoms. The van der Waals surface area contributed by atoms with Crippen molar-refractivity contribution in [1.29, 1.82) is 0 Å². The quantitative estimate of drug-likeness (QED) is 0.764. The van der Waals surface area contributed by atoms with Crippen molar-refractivity contribution in [3.63, 3.8) is 0 Å². The largest absolute Gasteiger partial charge is 0.388 e. The van der Waals surface area contributed by atoms with Crippen LogP contribution in [-0.2, 0) is 4.79 Å². The Labute approximate surface area is 167 Å². The highest BCUT2D eigenvalue weighted by Gasteiger charge is 2.33. The molecule has 1 atom stereocenters. The average molecular weight is 389 g/mol. The summed E-state index contributed by atoms with van der Waals surface area (Å²) in [5.74, 6) is -0.330. The number of rotatable bonds is 5. The molecule has 154 valence electrons. The predicted molar refractivity (Wildman–Crippen MR) is 108 cm³/mol. The van der Waals surface area contributed by atoms with Crippen LogP contribution in [0.25, 0.3) is 0 Å². The number of carbonyl (C=O) groups excluding carboxylic acids is 2. The Bertz CT molecular complexity index is 661. The summed E-state index contributed by atoms with van der Waals surface area (Å²) in [6.45, 7) is 5.84. The molecule has 0 saturated carbocycles. The zero-order valence-electron chi connectivity index (χ0n) is 16.8. The van der Waals surface area contributed by atoms with Crippen LogP contribution in [0.15, 0.2) is 30.3 Å². The van der Waals surface area contributed by atoms with Gasteiger partial charge in [-0.05, 0) is 38.4 Å². The first kappa shape index (κ1) is 20.8. The van der Waals surface area contributed by atoms with Crippen LogP contribution in [0.2, 0.25) is 0 Å². The Kier molecular flexibility index (Phi) is 7.04. The third kappa shape index (κ3) is 5.77. The summed E-state index contributed by atoms with van der Waals surface area (Å²) in [6, 6.07) is 8.90. The molecule has 2 amide bonds. The lowest BCUT2D eigenvalue weighted by Gasteiger charge is -2.38. The summed E-state index contributed by atoms with van der Waals surface area (Å²) in [7, 11) is 2.12. The van der Waals surface area contributed by atoms with E-state index < -0.39 is 5.60 Å². The smallest absolute Gasteiger partial charge is 0.251 e. The number of benzene rings is 1. The number of hydrogen-bond acceptors (Lipinski definition) is 5. The van der Waals surface area contributed by atoms with Crippen LogP contribution in [0.3, 0.4) is 0 Å². The van der Waals surface area contributed by atoms with E-state index in [-0.39, 0.29) is 18.4 Å². The van der Waals surface area contributed by atoms with Gasteiger partial charge in [0, 0.05) is 51.4 Å². The van der Waals surface area contributed by atoms with Crippen molar-refractivity contribution < 1.29 is 14.7 Å². The molecule has 2 saturated heterocycles. The van der Waals surface area contributed by atoms with Crippen molar-refractivity contribution >= 4 is 11.8 Å². The molecule has 0 aliphatic carbocycles. The number of likely N-dealkylation sites (tertiary alicyclic amines) is 1. The Morgan fingerprint density at radius 1 is 1.04 bits per heavy atom. The summed E-state index contributed by atoms with van der Waals surface area (Å²) >= 11 is 0. The van der Waals surface area contributed by atoms with E-state index in [1.165, 1.54) is 0 Å². The van der Waals surface area contributed by atoms with Gasteiger partial charge in [-0.2, -0.15) is 0 Å². The van der Waals surface area contributed by atoms with Gasteiger partial charge < -0.3 is 20.2 Å². The number of β-amino-alcohol motifs (C(OH)–C–C–N with tert-alkyl or cyclic N) is 1. The minimum Gasteiger partial charge on any atom is -0.388 e. The van der Waals surface area contributed by atoms with Gasteiger partial charge in [0.2, 0.25) is 5.91 Å². The predicted octanol–water partition coefficient (Wildman–Crippen LogP) is 0.407. The van der Waals surface area contributed by atoms with Gasteiger partial charge in [0.05, 0.1) is 12.1 Å². The second kappa shape index (κ2) is 9.49. The molecule has 2 N–H and O–H groups in total. The molecule has 0 aromatic heterocycles. The van der Waals surface area contributed by atoms with E-state index in [1.54, 1.807) is 29.2 Å². The van der Waals surface area contributed by atoms with Crippen LogP contribution in [-0.4, -0.2) is 96.6 Å². The van der Waals surface area contributed by atoms with Crippen LogP contribution in [0.1, 0.15) is 29.6 Å². The highest BCUT2D eigenvalue weighted by atomic mass is 16.3. The summed E-state index contributed by atoms with van der Waals surface area (Å²) in [4.78, 5) is 31.1. The van der Waals surface area contributed by atoms with Gasteiger partial charge in [0.25, 0.3) is 5.91 Å². The van der Waals surface area contributed by atoms with E-state index in [9.17, 15) is 14.7 Å². The maximum atomic E-state index is 12.5. The second-order valence-electron chi connectivity index (χ2n) is 8.09. The van der Waals surface area contributed by atoms with Crippen LogP contribution >= 0.6 is 0 Å². The number of nitrogens with one attached hydrogen (secondary N) is 1. The Balaban J connectivity index is 1.46. The molecule has 1 aromatic carbocycles. The van der Waals surface area contributed by atoms with Crippen molar-refractivity contribution in [3.8, 4) is 0 Å². The maximum absolute atomic E-state index is 12.5. The van der Waals surface area contributed by atoms with Gasteiger partial charge in [-0.25, -0.2) is 0 Å². The van der Waals surface area contributed by atoms with E-state index in [0.717, 1.165) is 32.6 Å². The van der Waals surface area contributed by atoms with Gasteiger partial charge in [-0.1, -0.05) is 18.2 Å². The average Bonchev–Trinajstić information content (AvgIpc) is 2.90. The first-order chi connectivity index (χ1) is 13.5. The molecular weight excluding hydrogens is 356 g/mol. The third-order valence-electron chi connectivity index (χ3n) is 5.82. The van der Waals surface area contributed by atoms with Crippen molar-refractivity contribution in [1.82, 2.24) is 20.0 Å². The van der Waals surface area contributed by atoms with Gasteiger partial charge in [-0.15, -0.1) is 0 Å². The Morgan fingerprint density at radius 2 is 1.75 bits per heavy atom. The molecule has 2 fully saturated rings. The minimum atomic E-state index is -0.738. The molecule has 2 aliphatic heterocycles. The zero-order valence-corrected chi connectivity index (χ0v) is 16.8. The number of carbonyl (C=O) groups is 2. The van der Waals surface area contributed by atoms with E-state index in [2.05, 4.69) is 22.2 Å². The molecule has 28 heavy (non-hydrogen) atoms. The molecule has 7 nitrogen and oxygen atoms in total. The number of aliphatic hydroxyl groups is 1. The van der Waals surface area contributed by atoms with Crippen LogP contribution in [0.5, 0.6) is 0 Å². The number of amides is 2. The molecule has 0 unspecified atom stereocenters. The van der Waals surface area contributed by atoms with E-state index >= 15 is 0 Å². The van der Waals surface area contributed by atoms with Crippen molar-refractivity contribution in [3.05, 3.63) is 35.9 Å². The topological polar surface area (TPSA) is 76.1 Å². The molecule has 2 aliphatic rings. The van der Waals surface area contributed by atoms with Gasteiger partial charge in [0.15, 0.2) is 0 Å². The summed E-state index contributed by atoms with van der Waals surface area (Å²) < 4.78 is 0.